The molecule has 1 atom stereocenters. The number of carbonyl (C=O) groups is 1. The average molecular weight is 272 g/mol. The van der Waals surface area contributed by atoms with Gasteiger partial charge in [-0.25, -0.2) is 4.98 Å². The number of rotatable bonds is 3. The molecule has 3 nitrogen and oxygen atoms in total. The molecular formula is C15H16N2OS. The van der Waals surface area contributed by atoms with Crippen molar-refractivity contribution in [3.05, 3.63) is 51.0 Å². The molecule has 1 aromatic heterocycles. The van der Waals surface area contributed by atoms with E-state index in [0.717, 1.165) is 23.4 Å². The van der Waals surface area contributed by atoms with Gasteiger partial charge in [0, 0.05) is 10.9 Å². The number of benzene rings is 1. The molecule has 1 aromatic carbocycles. The Bertz CT molecular complexity index is 631. The Morgan fingerprint density at radius 1 is 1.37 bits per heavy atom. The van der Waals surface area contributed by atoms with Crippen molar-refractivity contribution in [1.82, 2.24) is 4.98 Å². The fourth-order valence-electron chi connectivity index (χ4n) is 2.46. The van der Waals surface area contributed by atoms with Gasteiger partial charge in [-0.05, 0) is 43.4 Å². The maximum absolute atomic E-state index is 12.4. The molecular weight excluding hydrogens is 256 g/mol. The molecule has 0 amide bonds. The van der Waals surface area contributed by atoms with Crippen LogP contribution in [0.3, 0.4) is 0 Å². The van der Waals surface area contributed by atoms with Crippen LogP contribution in [0.1, 0.15) is 51.6 Å². The van der Waals surface area contributed by atoms with Crippen molar-refractivity contribution in [3.8, 4) is 0 Å². The Balaban J connectivity index is 1.90. The molecule has 0 fully saturated rings. The van der Waals surface area contributed by atoms with Crippen LogP contribution in [0.25, 0.3) is 0 Å². The second kappa shape index (κ2) is 4.87. The van der Waals surface area contributed by atoms with Crippen molar-refractivity contribution in [2.75, 3.05) is 0 Å². The maximum atomic E-state index is 12.4. The van der Waals surface area contributed by atoms with Gasteiger partial charge in [0.15, 0.2) is 0 Å². The lowest BCUT2D eigenvalue weighted by molar-refractivity contribution is 0.103. The fraction of sp³-hybridized carbons (Fsp3) is 0.333. The minimum Gasteiger partial charge on any atom is -0.322 e. The summed E-state index contributed by atoms with van der Waals surface area (Å²) in [5, 5.41) is 2.61. The van der Waals surface area contributed by atoms with Gasteiger partial charge >= 0.3 is 0 Å². The van der Waals surface area contributed by atoms with E-state index in [2.05, 4.69) is 11.1 Å². The summed E-state index contributed by atoms with van der Waals surface area (Å²) in [6.07, 6.45) is 3.41. The monoisotopic (exact) mass is 272 g/mol. The van der Waals surface area contributed by atoms with E-state index >= 15 is 0 Å². The third-order valence-electron chi connectivity index (χ3n) is 3.50. The van der Waals surface area contributed by atoms with E-state index in [4.69, 9.17) is 5.73 Å². The molecule has 1 aliphatic carbocycles. The highest BCUT2D eigenvalue weighted by Gasteiger charge is 2.17. The lowest BCUT2D eigenvalue weighted by Gasteiger charge is -2.03. The van der Waals surface area contributed by atoms with E-state index in [1.807, 2.05) is 19.1 Å². The molecule has 0 radical (unpaired) electrons. The summed E-state index contributed by atoms with van der Waals surface area (Å²) in [5.74, 6) is -0.00199. The summed E-state index contributed by atoms with van der Waals surface area (Å²) in [7, 11) is 0. The number of ketones is 1. The zero-order chi connectivity index (χ0) is 13.4. The zero-order valence-electron chi connectivity index (χ0n) is 10.8. The molecule has 0 saturated heterocycles. The van der Waals surface area contributed by atoms with Crippen LogP contribution in [0.4, 0.5) is 0 Å². The lowest BCUT2D eigenvalue weighted by atomic mass is 10.0. The first-order chi connectivity index (χ1) is 9.15. The number of carbonyl (C=O) groups excluding carboxylic acids is 1. The quantitative estimate of drug-likeness (QED) is 0.874. The maximum Gasteiger partial charge on any atom is 0.212 e. The fourth-order valence-corrected chi connectivity index (χ4v) is 3.22. The highest BCUT2D eigenvalue weighted by atomic mass is 32.1. The third kappa shape index (κ3) is 2.33. The predicted octanol–water partition coefficient (Wildman–Crippen LogP) is 2.88. The second-order valence-corrected chi connectivity index (χ2v) is 5.92. The van der Waals surface area contributed by atoms with Gasteiger partial charge in [0.1, 0.15) is 10.7 Å². The van der Waals surface area contributed by atoms with Crippen molar-refractivity contribution in [2.45, 2.75) is 32.2 Å². The second-order valence-electron chi connectivity index (χ2n) is 5.03. The van der Waals surface area contributed by atoms with Crippen LogP contribution in [0.2, 0.25) is 0 Å². The minimum atomic E-state index is -0.119. The summed E-state index contributed by atoms with van der Waals surface area (Å²) in [5.41, 5.74) is 9.72. The summed E-state index contributed by atoms with van der Waals surface area (Å²) < 4.78 is 0. The van der Waals surface area contributed by atoms with Crippen LogP contribution >= 0.6 is 11.3 Å². The summed E-state index contributed by atoms with van der Waals surface area (Å²) in [4.78, 5) is 16.7. The molecule has 4 heteroatoms. The highest BCUT2D eigenvalue weighted by molar-refractivity contribution is 7.09. The van der Waals surface area contributed by atoms with Crippen molar-refractivity contribution >= 4 is 17.1 Å². The first-order valence-electron chi connectivity index (χ1n) is 6.52. The molecule has 98 valence electrons. The van der Waals surface area contributed by atoms with Gasteiger partial charge in [-0.3, -0.25) is 4.79 Å². The van der Waals surface area contributed by atoms with Gasteiger partial charge in [-0.15, -0.1) is 11.3 Å². The van der Waals surface area contributed by atoms with E-state index in [9.17, 15) is 4.79 Å². The number of aromatic nitrogens is 1. The van der Waals surface area contributed by atoms with Crippen LogP contribution in [0.5, 0.6) is 0 Å². The van der Waals surface area contributed by atoms with Crippen molar-refractivity contribution < 1.29 is 4.79 Å². The van der Waals surface area contributed by atoms with Crippen molar-refractivity contribution in [2.24, 2.45) is 5.73 Å². The first kappa shape index (κ1) is 12.5. The van der Waals surface area contributed by atoms with Crippen LogP contribution in [-0.4, -0.2) is 10.8 Å². The van der Waals surface area contributed by atoms with Gasteiger partial charge < -0.3 is 5.73 Å². The Morgan fingerprint density at radius 3 is 2.89 bits per heavy atom. The van der Waals surface area contributed by atoms with Crippen LogP contribution in [0, 0.1) is 0 Å². The number of nitrogens with zero attached hydrogens (tertiary/aromatic N) is 1. The molecule has 2 aromatic rings. The van der Waals surface area contributed by atoms with Crippen LogP contribution in [0.15, 0.2) is 23.6 Å². The summed E-state index contributed by atoms with van der Waals surface area (Å²) >= 11 is 1.45. The summed E-state index contributed by atoms with van der Waals surface area (Å²) in [6.45, 7) is 1.88. The zero-order valence-corrected chi connectivity index (χ0v) is 11.7. The Labute approximate surface area is 116 Å². The van der Waals surface area contributed by atoms with E-state index < -0.39 is 0 Å². The molecule has 3 rings (SSSR count). The van der Waals surface area contributed by atoms with E-state index in [-0.39, 0.29) is 11.8 Å². The molecule has 1 unspecified atom stereocenters. The number of thiazole rings is 1. The first-order valence-corrected chi connectivity index (χ1v) is 7.40. The number of hydrogen-bond donors (Lipinski definition) is 1. The number of hydrogen-bond acceptors (Lipinski definition) is 4. The van der Waals surface area contributed by atoms with E-state index in [1.54, 1.807) is 5.38 Å². The van der Waals surface area contributed by atoms with Crippen molar-refractivity contribution in [1.29, 1.82) is 0 Å². The Hall–Kier alpha value is -1.52. The number of nitrogens with two attached hydrogens (primary N) is 1. The molecule has 1 aliphatic rings. The highest BCUT2D eigenvalue weighted by Crippen LogP contribution is 2.24. The lowest BCUT2D eigenvalue weighted by Crippen LogP contribution is -2.07. The molecule has 0 aliphatic heterocycles. The SMILES string of the molecule is CC(N)c1nc(C(=O)c2ccc3c(c2)CCC3)cs1. The third-order valence-corrected chi connectivity index (χ3v) is 4.55. The molecule has 0 spiro atoms. The van der Waals surface area contributed by atoms with Gasteiger partial charge in [-0.2, -0.15) is 0 Å². The van der Waals surface area contributed by atoms with Crippen LogP contribution in [-0.2, 0) is 12.8 Å². The molecule has 0 bridgehead atoms. The summed E-state index contributed by atoms with van der Waals surface area (Å²) in [6, 6.07) is 5.90. The van der Waals surface area contributed by atoms with Gasteiger partial charge in [-0.1, -0.05) is 12.1 Å². The van der Waals surface area contributed by atoms with E-state index in [1.165, 1.54) is 28.9 Å². The Morgan fingerprint density at radius 2 is 2.16 bits per heavy atom. The van der Waals surface area contributed by atoms with Crippen molar-refractivity contribution in [3.63, 3.8) is 0 Å². The molecule has 1 heterocycles. The molecule has 19 heavy (non-hydrogen) atoms. The minimum absolute atomic E-state index is 0.00199. The Kier molecular flexibility index (Phi) is 3.21. The normalized spacial score (nSPS) is 15.3. The van der Waals surface area contributed by atoms with Gasteiger partial charge in [0.2, 0.25) is 5.78 Å². The molecule has 2 N–H and O–H groups in total. The van der Waals surface area contributed by atoms with E-state index in [0.29, 0.717) is 5.69 Å². The largest absolute Gasteiger partial charge is 0.322 e. The smallest absolute Gasteiger partial charge is 0.212 e. The topological polar surface area (TPSA) is 56.0 Å². The van der Waals surface area contributed by atoms with Gasteiger partial charge in [0.05, 0.1) is 6.04 Å². The van der Waals surface area contributed by atoms with Gasteiger partial charge in [0.25, 0.3) is 0 Å². The van der Waals surface area contributed by atoms with Crippen LogP contribution < -0.4 is 5.73 Å². The average Bonchev–Trinajstić information content (AvgIpc) is 3.06. The standard InChI is InChI=1S/C15H16N2OS/c1-9(16)15-17-13(8-19-15)14(18)12-6-5-10-3-2-4-11(10)7-12/h5-9H,2-4,16H2,1H3. The molecule has 0 saturated carbocycles. The number of fused-ring (bicyclic) bond motifs is 1. The predicted molar refractivity (Wildman–Crippen MR) is 76.6 cm³/mol. The number of aryl methyl sites for hydroxylation is 2.